The van der Waals surface area contributed by atoms with E-state index in [2.05, 4.69) is 10.2 Å². The van der Waals surface area contributed by atoms with Crippen LogP contribution < -0.4 is 0 Å². The van der Waals surface area contributed by atoms with Crippen LogP contribution in [-0.2, 0) is 4.79 Å². The number of amides is 1. The van der Waals surface area contributed by atoms with Crippen LogP contribution in [0.2, 0.25) is 0 Å². The Morgan fingerprint density at radius 1 is 1.26 bits per heavy atom. The molecule has 0 N–H and O–H groups in total. The second-order valence-electron chi connectivity index (χ2n) is 6.59. The minimum Gasteiger partial charge on any atom is -0.420 e. The van der Waals surface area contributed by atoms with Crippen LogP contribution in [0.25, 0.3) is 11.5 Å². The zero-order valence-electron chi connectivity index (χ0n) is 14.0. The number of benzene rings is 1. The van der Waals surface area contributed by atoms with E-state index < -0.39 is 0 Å². The van der Waals surface area contributed by atoms with Crippen LogP contribution in [0.1, 0.15) is 44.1 Å². The van der Waals surface area contributed by atoms with Gasteiger partial charge in [0, 0.05) is 24.6 Å². The van der Waals surface area contributed by atoms with E-state index >= 15 is 0 Å². The normalized spacial score (nSPS) is 18.4. The van der Waals surface area contributed by atoms with Crippen molar-refractivity contribution in [2.45, 2.75) is 39.5 Å². The van der Waals surface area contributed by atoms with Crippen molar-refractivity contribution in [2.75, 3.05) is 13.1 Å². The van der Waals surface area contributed by atoms with E-state index in [4.69, 9.17) is 4.42 Å². The molecule has 2 heterocycles. The number of hydrogen-bond acceptors (Lipinski definition) is 4. The molecule has 1 aliphatic heterocycles. The lowest BCUT2D eigenvalue weighted by atomic mass is 9.97. The fourth-order valence-electron chi connectivity index (χ4n) is 2.96. The van der Waals surface area contributed by atoms with Crippen molar-refractivity contribution in [3.8, 4) is 11.5 Å². The molecule has 5 heteroatoms. The van der Waals surface area contributed by atoms with Crippen molar-refractivity contribution in [3.63, 3.8) is 0 Å². The zero-order chi connectivity index (χ0) is 16.4. The number of nitrogens with zero attached hydrogens (tertiary/aromatic N) is 3. The first kappa shape index (κ1) is 15.7. The summed E-state index contributed by atoms with van der Waals surface area (Å²) in [6.45, 7) is 7.42. The van der Waals surface area contributed by atoms with Crippen molar-refractivity contribution in [1.29, 1.82) is 0 Å². The SMILES string of the molecule is Cc1ccc(-c2nnc(C3CCCN(C(=O)C(C)C)C3)o2)cc1. The molecular formula is C18H23N3O2. The van der Waals surface area contributed by atoms with Gasteiger partial charge in [-0.25, -0.2) is 0 Å². The Kier molecular flexibility index (Phi) is 4.46. The number of likely N-dealkylation sites (tertiary alicyclic amines) is 1. The Morgan fingerprint density at radius 2 is 2.00 bits per heavy atom. The first-order valence-corrected chi connectivity index (χ1v) is 8.24. The Morgan fingerprint density at radius 3 is 2.70 bits per heavy atom. The van der Waals surface area contributed by atoms with Crippen LogP contribution in [0.5, 0.6) is 0 Å². The van der Waals surface area contributed by atoms with Gasteiger partial charge in [0.25, 0.3) is 0 Å². The lowest BCUT2D eigenvalue weighted by molar-refractivity contribution is -0.135. The largest absolute Gasteiger partial charge is 0.420 e. The number of hydrogen-bond donors (Lipinski definition) is 0. The molecule has 0 saturated carbocycles. The lowest BCUT2D eigenvalue weighted by Gasteiger charge is -2.32. The Labute approximate surface area is 136 Å². The summed E-state index contributed by atoms with van der Waals surface area (Å²) in [5.41, 5.74) is 2.13. The summed E-state index contributed by atoms with van der Waals surface area (Å²) in [4.78, 5) is 14.1. The van der Waals surface area contributed by atoms with Gasteiger partial charge in [0.05, 0.1) is 5.92 Å². The maximum absolute atomic E-state index is 12.2. The summed E-state index contributed by atoms with van der Waals surface area (Å²) in [6.07, 6.45) is 1.96. The van der Waals surface area contributed by atoms with Crippen molar-refractivity contribution in [1.82, 2.24) is 15.1 Å². The Hall–Kier alpha value is -2.17. The molecule has 1 fully saturated rings. The van der Waals surface area contributed by atoms with Crippen LogP contribution in [0.4, 0.5) is 0 Å². The van der Waals surface area contributed by atoms with Gasteiger partial charge in [-0.15, -0.1) is 10.2 Å². The van der Waals surface area contributed by atoms with E-state index in [1.165, 1.54) is 5.56 Å². The molecule has 0 spiro atoms. The fraction of sp³-hybridized carbons (Fsp3) is 0.500. The van der Waals surface area contributed by atoms with Crippen LogP contribution in [0.3, 0.4) is 0 Å². The molecule has 1 unspecified atom stereocenters. The van der Waals surface area contributed by atoms with Crippen LogP contribution in [0, 0.1) is 12.8 Å². The monoisotopic (exact) mass is 313 g/mol. The topological polar surface area (TPSA) is 59.2 Å². The first-order valence-electron chi connectivity index (χ1n) is 8.24. The average molecular weight is 313 g/mol. The summed E-state index contributed by atoms with van der Waals surface area (Å²) >= 11 is 0. The molecule has 122 valence electrons. The summed E-state index contributed by atoms with van der Waals surface area (Å²) in [6, 6.07) is 8.04. The molecule has 5 nitrogen and oxygen atoms in total. The highest BCUT2D eigenvalue weighted by molar-refractivity contribution is 5.78. The van der Waals surface area contributed by atoms with Gasteiger partial charge < -0.3 is 9.32 Å². The zero-order valence-corrected chi connectivity index (χ0v) is 14.0. The van der Waals surface area contributed by atoms with E-state index in [1.807, 2.05) is 49.9 Å². The molecule has 0 bridgehead atoms. The quantitative estimate of drug-likeness (QED) is 0.871. The Balaban J connectivity index is 1.74. The minimum atomic E-state index is 0.0274. The highest BCUT2D eigenvalue weighted by Gasteiger charge is 2.29. The smallest absolute Gasteiger partial charge is 0.247 e. The standard InChI is InChI=1S/C18H23N3O2/c1-12(2)18(22)21-10-4-5-15(11-21)17-20-19-16(23-17)14-8-6-13(3)7-9-14/h6-9,12,15H,4-5,10-11H2,1-3H3. The van der Waals surface area contributed by atoms with Crippen molar-refractivity contribution in [3.05, 3.63) is 35.7 Å². The van der Waals surface area contributed by atoms with Crippen molar-refractivity contribution < 1.29 is 9.21 Å². The van der Waals surface area contributed by atoms with Gasteiger partial charge >= 0.3 is 0 Å². The molecule has 1 amide bonds. The number of aromatic nitrogens is 2. The van der Waals surface area contributed by atoms with E-state index in [-0.39, 0.29) is 17.7 Å². The predicted molar refractivity (Wildman–Crippen MR) is 87.9 cm³/mol. The predicted octanol–water partition coefficient (Wildman–Crippen LogP) is 3.41. The molecule has 1 aliphatic rings. The molecule has 1 atom stereocenters. The third-order valence-electron chi connectivity index (χ3n) is 4.32. The number of piperidine rings is 1. The third-order valence-corrected chi connectivity index (χ3v) is 4.32. The van der Waals surface area contributed by atoms with Crippen molar-refractivity contribution in [2.24, 2.45) is 5.92 Å². The highest BCUT2D eigenvalue weighted by Crippen LogP contribution is 2.29. The van der Waals surface area contributed by atoms with Gasteiger partial charge in [0.15, 0.2) is 0 Å². The van der Waals surface area contributed by atoms with Crippen LogP contribution in [-0.4, -0.2) is 34.1 Å². The second-order valence-corrected chi connectivity index (χ2v) is 6.59. The maximum atomic E-state index is 12.2. The number of aryl methyl sites for hydroxylation is 1. The fourth-order valence-corrected chi connectivity index (χ4v) is 2.96. The average Bonchev–Trinajstić information content (AvgIpc) is 3.05. The van der Waals surface area contributed by atoms with Gasteiger partial charge in [-0.3, -0.25) is 4.79 Å². The molecule has 2 aromatic rings. The minimum absolute atomic E-state index is 0.0274. The molecular weight excluding hydrogens is 290 g/mol. The molecule has 1 saturated heterocycles. The van der Waals surface area contributed by atoms with Crippen LogP contribution in [0.15, 0.2) is 28.7 Å². The van der Waals surface area contributed by atoms with Gasteiger partial charge in [-0.05, 0) is 31.9 Å². The van der Waals surface area contributed by atoms with Gasteiger partial charge in [0.2, 0.25) is 17.7 Å². The summed E-state index contributed by atoms with van der Waals surface area (Å²) < 4.78 is 5.88. The number of carbonyl (C=O) groups is 1. The van der Waals surface area contributed by atoms with Crippen molar-refractivity contribution >= 4 is 5.91 Å². The van der Waals surface area contributed by atoms with Gasteiger partial charge in [0.1, 0.15) is 0 Å². The number of rotatable bonds is 3. The maximum Gasteiger partial charge on any atom is 0.247 e. The second kappa shape index (κ2) is 6.52. The van der Waals surface area contributed by atoms with E-state index in [1.54, 1.807) is 0 Å². The molecule has 0 aliphatic carbocycles. The molecule has 1 aromatic carbocycles. The lowest BCUT2D eigenvalue weighted by Crippen LogP contribution is -2.41. The highest BCUT2D eigenvalue weighted by atomic mass is 16.4. The summed E-state index contributed by atoms with van der Waals surface area (Å²) in [7, 11) is 0. The first-order chi connectivity index (χ1) is 11.0. The van der Waals surface area contributed by atoms with E-state index in [0.717, 1.165) is 24.9 Å². The van der Waals surface area contributed by atoms with E-state index in [0.29, 0.717) is 18.3 Å². The van der Waals surface area contributed by atoms with Gasteiger partial charge in [-0.2, -0.15) is 0 Å². The van der Waals surface area contributed by atoms with Crippen LogP contribution >= 0.6 is 0 Å². The van der Waals surface area contributed by atoms with E-state index in [9.17, 15) is 4.79 Å². The molecule has 3 rings (SSSR count). The molecule has 0 radical (unpaired) electrons. The summed E-state index contributed by atoms with van der Waals surface area (Å²) in [5.74, 6) is 1.56. The number of carbonyl (C=O) groups excluding carboxylic acids is 1. The molecule has 23 heavy (non-hydrogen) atoms. The summed E-state index contributed by atoms with van der Waals surface area (Å²) in [5, 5.41) is 8.40. The molecule has 1 aromatic heterocycles. The Bertz CT molecular complexity index is 676. The third kappa shape index (κ3) is 3.44. The van der Waals surface area contributed by atoms with Gasteiger partial charge in [-0.1, -0.05) is 31.5 Å².